The molecule has 2 rings (SSSR count). The molecule has 0 saturated carbocycles. The summed E-state index contributed by atoms with van der Waals surface area (Å²) in [6.07, 6.45) is 0.158. The number of hydrogen-bond donors (Lipinski definition) is 1. The summed E-state index contributed by atoms with van der Waals surface area (Å²) >= 11 is 0. The third-order valence-electron chi connectivity index (χ3n) is 5.31. The molecule has 1 aliphatic heterocycles. The molecule has 0 aromatic carbocycles. The lowest BCUT2D eigenvalue weighted by molar-refractivity contribution is -0.162. The summed E-state index contributed by atoms with van der Waals surface area (Å²) in [5.41, 5.74) is 1.59. The first-order valence-corrected chi connectivity index (χ1v) is 9.50. The van der Waals surface area contributed by atoms with Crippen molar-refractivity contribution >= 4 is 17.9 Å². The van der Waals surface area contributed by atoms with Crippen molar-refractivity contribution in [3.8, 4) is 0 Å². The molecule has 5 atom stereocenters. The van der Waals surface area contributed by atoms with E-state index in [4.69, 9.17) is 14.2 Å². The largest absolute Gasteiger partial charge is 0.458 e. The Morgan fingerprint density at radius 2 is 1.93 bits per heavy atom. The van der Waals surface area contributed by atoms with Crippen LogP contribution < -0.4 is 0 Å². The fraction of sp³-hybridized carbons (Fsp3) is 0.500. The van der Waals surface area contributed by atoms with Gasteiger partial charge in [0.25, 0.3) is 0 Å². The van der Waals surface area contributed by atoms with Gasteiger partial charge in [-0.25, -0.2) is 9.59 Å². The number of aliphatic hydroxyl groups excluding tert-OH is 1. The van der Waals surface area contributed by atoms with E-state index in [1.807, 2.05) is 0 Å². The Balaban J connectivity index is 2.54. The number of allylic oxidation sites excluding steroid dienone is 1. The number of rotatable bonds is 3. The number of esters is 3. The lowest BCUT2D eigenvalue weighted by Crippen LogP contribution is -2.43. The summed E-state index contributed by atoms with van der Waals surface area (Å²) in [5.74, 6) is -2.50. The van der Waals surface area contributed by atoms with Crippen LogP contribution >= 0.6 is 0 Å². The number of aliphatic hydroxyl groups is 1. The van der Waals surface area contributed by atoms with Gasteiger partial charge in [-0.15, -0.1) is 0 Å². The molecule has 0 unspecified atom stereocenters. The molecule has 2 aliphatic rings. The number of fused-ring (bicyclic) bond motifs is 1. The summed E-state index contributed by atoms with van der Waals surface area (Å²) in [4.78, 5) is 36.5. The summed E-state index contributed by atoms with van der Waals surface area (Å²) in [5, 5.41) is 10.4. The zero-order valence-corrected chi connectivity index (χ0v) is 17.3. The molecule has 0 aromatic rings. The van der Waals surface area contributed by atoms with Crippen LogP contribution in [0.25, 0.3) is 0 Å². The van der Waals surface area contributed by atoms with Crippen molar-refractivity contribution < 1.29 is 33.7 Å². The Kier molecular flexibility index (Phi) is 7.19. The van der Waals surface area contributed by atoms with Gasteiger partial charge < -0.3 is 19.3 Å². The Morgan fingerprint density at radius 1 is 1.28 bits per heavy atom. The van der Waals surface area contributed by atoms with Crippen molar-refractivity contribution in [3.05, 3.63) is 47.6 Å². The third-order valence-corrected chi connectivity index (χ3v) is 5.31. The average Bonchev–Trinajstić information content (AvgIpc) is 2.95. The van der Waals surface area contributed by atoms with Crippen LogP contribution in [0.15, 0.2) is 47.6 Å². The van der Waals surface area contributed by atoms with E-state index in [1.54, 1.807) is 32.9 Å². The van der Waals surface area contributed by atoms with Crippen molar-refractivity contribution in [2.24, 2.45) is 5.92 Å². The lowest BCUT2D eigenvalue weighted by Gasteiger charge is -2.33. The van der Waals surface area contributed by atoms with Crippen LogP contribution in [0.1, 0.15) is 40.5 Å². The first kappa shape index (κ1) is 22.6. The maximum atomic E-state index is 12.4. The lowest BCUT2D eigenvalue weighted by atomic mass is 9.81. The van der Waals surface area contributed by atoms with Crippen molar-refractivity contribution in [2.45, 2.75) is 65.0 Å². The molecule has 7 nitrogen and oxygen atoms in total. The van der Waals surface area contributed by atoms with Gasteiger partial charge in [0.1, 0.15) is 6.10 Å². The maximum Gasteiger partial charge on any atom is 0.334 e. The van der Waals surface area contributed by atoms with Gasteiger partial charge in [-0.2, -0.15) is 0 Å². The second-order valence-electron chi connectivity index (χ2n) is 7.43. The zero-order valence-electron chi connectivity index (χ0n) is 17.3. The fourth-order valence-electron chi connectivity index (χ4n) is 3.46. The molecule has 0 bridgehead atoms. The van der Waals surface area contributed by atoms with Gasteiger partial charge in [0.15, 0.2) is 12.2 Å². The molecule has 1 aliphatic carbocycles. The Morgan fingerprint density at radius 3 is 2.52 bits per heavy atom. The van der Waals surface area contributed by atoms with Crippen molar-refractivity contribution in [3.63, 3.8) is 0 Å². The normalized spacial score (nSPS) is 32.6. The van der Waals surface area contributed by atoms with Crippen LogP contribution in [0.4, 0.5) is 0 Å². The van der Waals surface area contributed by atoms with Crippen LogP contribution in [0.3, 0.4) is 0 Å². The number of carbonyl (C=O) groups is 3. The standard InChI is InChI=1S/C22H28O7/c1-7-11(2)21(25)28-17-10-13(4)16(24)9-8-12(3)19(27-15(6)23)20-18(17)14(5)22(26)29-20/h7-8,16-20,24H,4-5,9-10H2,1-3,6H3/b11-7-,12-8+/t16-,17-,18-,19-,20+/m0/s1. The monoisotopic (exact) mass is 404 g/mol. The first-order chi connectivity index (χ1) is 13.6. The highest BCUT2D eigenvalue weighted by atomic mass is 16.6. The fourth-order valence-corrected chi connectivity index (χ4v) is 3.46. The number of ether oxygens (including phenoxy) is 3. The van der Waals surface area contributed by atoms with Gasteiger partial charge in [0, 0.05) is 24.5 Å². The predicted molar refractivity (Wildman–Crippen MR) is 106 cm³/mol. The second-order valence-corrected chi connectivity index (χ2v) is 7.43. The highest BCUT2D eigenvalue weighted by Crippen LogP contribution is 2.39. The summed E-state index contributed by atoms with van der Waals surface area (Å²) in [6, 6.07) is 0. The molecule has 0 amide bonds. The maximum absolute atomic E-state index is 12.4. The highest BCUT2D eigenvalue weighted by Gasteiger charge is 2.50. The van der Waals surface area contributed by atoms with E-state index < -0.39 is 48.2 Å². The van der Waals surface area contributed by atoms with Gasteiger partial charge in [-0.05, 0) is 38.3 Å². The molecule has 0 aromatic heterocycles. The summed E-state index contributed by atoms with van der Waals surface area (Å²) < 4.78 is 16.6. The quantitative estimate of drug-likeness (QED) is 0.334. The Bertz CT molecular complexity index is 789. The third kappa shape index (κ3) is 5.03. The van der Waals surface area contributed by atoms with E-state index in [9.17, 15) is 19.5 Å². The average molecular weight is 404 g/mol. The van der Waals surface area contributed by atoms with E-state index in [0.717, 1.165) is 0 Å². The molecule has 29 heavy (non-hydrogen) atoms. The highest BCUT2D eigenvalue weighted by molar-refractivity contribution is 5.92. The predicted octanol–water partition coefficient (Wildman–Crippen LogP) is 2.55. The minimum atomic E-state index is -0.901. The Labute approximate surface area is 170 Å². The van der Waals surface area contributed by atoms with Crippen molar-refractivity contribution in [2.75, 3.05) is 0 Å². The van der Waals surface area contributed by atoms with E-state index >= 15 is 0 Å². The zero-order chi connectivity index (χ0) is 21.9. The van der Waals surface area contributed by atoms with E-state index in [2.05, 4.69) is 13.2 Å². The van der Waals surface area contributed by atoms with E-state index in [-0.39, 0.29) is 18.4 Å². The molecular weight excluding hydrogens is 376 g/mol. The molecule has 1 N–H and O–H groups in total. The topological polar surface area (TPSA) is 99.1 Å². The van der Waals surface area contributed by atoms with Gasteiger partial charge >= 0.3 is 17.9 Å². The first-order valence-electron chi connectivity index (χ1n) is 9.50. The minimum absolute atomic E-state index is 0.112. The minimum Gasteiger partial charge on any atom is -0.458 e. The van der Waals surface area contributed by atoms with Crippen molar-refractivity contribution in [1.82, 2.24) is 0 Å². The van der Waals surface area contributed by atoms with Crippen LogP contribution in [-0.4, -0.2) is 47.4 Å². The molecular formula is C22H28O7. The molecule has 1 fully saturated rings. The van der Waals surface area contributed by atoms with E-state index in [1.165, 1.54) is 6.92 Å². The van der Waals surface area contributed by atoms with Crippen LogP contribution in [0.2, 0.25) is 0 Å². The van der Waals surface area contributed by atoms with Gasteiger partial charge in [0.2, 0.25) is 0 Å². The van der Waals surface area contributed by atoms with Crippen LogP contribution in [0, 0.1) is 5.92 Å². The summed E-state index contributed by atoms with van der Waals surface area (Å²) in [7, 11) is 0. The molecule has 158 valence electrons. The summed E-state index contributed by atoms with van der Waals surface area (Å²) in [6.45, 7) is 14.0. The van der Waals surface area contributed by atoms with Crippen LogP contribution in [-0.2, 0) is 28.6 Å². The van der Waals surface area contributed by atoms with Gasteiger partial charge in [0.05, 0.1) is 12.0 Å². The van der Waals surface area contributed by atoms with Gasteiger partial charge in [-0.3, -0.25) is 4.79 Å². The van der Waals surface area contributed by atoms with Gasteiger partial charge in [-0.1, -0.05) is 25.3 Å². The number of carbonyl (C=O) groups excluding carboxylic acids is 3. The molecule has 0 radical (unpaired) electrons. The Hall–Kier alpha value is -2.67. The molecule has 1 heterocycles. The SMILES string of the molecule is C=C1C(=O)O[C@@H]2[C@@H]1[C@@H](OC(=O)/C(C)=C\C)CC(=C)[C@@H](O)C/C=C(\C)[C@@H]2OC(C)=O. The van der Waals surface area contributed by atoms with Crippen molar-refractivity contribution in [1.29, 1.82) is 0 Å². The smallest absolute Gasteiger partial charge is 0.334 e. The van der Waals surface area contributed by atoms with E-state index in [0.29, 0.717) is 16.7 Å². The number of hydrogen-bond acceptors (Lipinski definition) is 7. The molecule has 0 spiro atoms. The van der Waals surface area contributed by atoms with Crippen LogP contribution in [0.5, 0.6) is 0 Å². The molecule has 7 heteroatoms. The molecule has 1 saturated heterocycles. The second kappa shape index (κ2) is 9.22.